The van der Waals surface area contributed by atoms with E-state index in [1.807, 2.05) is 13.8 Å². The average Bonchev–Trinajstić information content (AvgIpc) is 3.04. The summed E-state index contributed by atoms with van der Waals surface area (Å²) in [5, 5.41) is 0. The summed E-state index contributed by atoms with van der Waals surface area (Å²) in [6.45, 7) is 0.739. The molecule has 0 aromatic rings. The molecule has 2 aliphatic heterocycles. The van der Waals surface area contributed by atoms with Gasteiger partial charge in [0, 0.05) is 45.8 Å². The molecule has 2 saturated heterocycles. The molecule has 2 heterocycles. The minimum Gasteiger partial charge on any atom is -0.382 e. The second-order valence-electron chi connectivity index (χ2n) is 6.68. The SMILES string of the molecule is [B][B][C@@H]1O[C@H](COP(O)(=S)OC2[C@H]([B])O[C@H](COC)[C@@H]2C)[C@H](OC)C1C. The monoisotopic (exact) mass is 401 g/mol. The minimum absolute atomic E-state index is 0.0274. The number of hydrogen-bond donors (Lipinski definition) is 1. The Bertz CT molecular complexity index is 505. The van der Waals surface area contributed by atoms with Crippen molar-refractivity contribution in [1.82, 2.24) is 0 Å². The molecule has 2 fully saturated rings. The van der Waals surface area contributed by atoms with Crippen molar-refractivity contribution in [3.63, 3.8) is 0 Å². The standard InChI is InChI=1S/C14H25B3O7PS/c1-7-9(5-19-3)22-13(15)12(7)24-25(18,26)21-6-10-11(20-4)8(2)14(17-16)23-10/h7-14H,5-6H2,1-4H3,(H,18,26)/t7-,8?,9+,10+,11+,12?,13+,14+,25?/m0/s1. The normalized spacial score (nSPS) is 42.7. The summed E-state index contributed by atoms with van der Waals surface area (Å²) in [6, 6.07) is -0.966. The second kappa shape index (κ2) is 9.85. The van der Waals surface area contributed by atoms with Crippen LogP contribution in [-0.4, -0.2) is 91.5 Å². The van der Waals surface area contributed by atoms with E-state index in [1.165, 1.54) is 7.17 Å². The Labute approximate surface area is 164 Å². The highest BCUT2D eigenvalue weighted by Gasteiger charge is 2.44. The van der Waals surface area contributed by atoms with Crippen molar-refractivity contribution in [3.8, 4) is 0 Å². The first-order chi connectivity index (χ1) is 12.2. The van der Waals surface area contributed by atoms with Gasteiger partial charge in [-0.05, 0) is 11.8 Å². The van der Waals surface area contributed by atoms with Crippen molar-refractivity contribution in [2.75, 3.05) is 27.4 Å². The number of methoxy groups -OCH3 is 2. The first kappa shape index (κ1) is 22.8. The van der Waals surface area contributed by atoms with E-state index in [0.717, 1.165) is 0 Å². The maximum atomic E-state index is 10.4. The van der Waals surface area contributed by atoms with Crippen LogP contribution in [-0.2, 0) is 39.8 Å². The molecule has 0 spiro atoms. The minimum atomic E-state index is -3.54. The van der Waals surface area contributed by atoms with Gasteiger partial charge in [-0.25, -0.2) is 0 Å². The van der Waals surface area contributed by atoms with Gasteiger partial charge in [0.1, 0.15) is 14.0 Å². The Balaban J connectivity index is 1.91. The molecule has 0 aliphatic carbocycles. The molecule has 0 saturated carbocycles. The zero-order valence-electron chi connectivity index (χ0n) is 15.5. The summed E-state index contributed by atoms with van der Waals surface area (Å²) in [5.74, 6) is -0.0451. The second-order valence-corrected chi connectivity index (χ2v) is 9.47. The number of rotatable bonds is 9. The molecule has 2 rings (SSSR count). The zero-order valence-corrected chi connectivity index (χ0v) is 17.2. The predicted molar refractivity (Wildman–Crippen MR) is 103 cm³/mol. The summed E-state index contributed by atoms with van der Waals surface area (Å²) >= 11 is 5.14. The van der Waals surface area contributed by atoms with Crippen molar-refractivity contribution in [2.45, 2.75) is 50.3 Å². The van der Waals surface area contributed by atoms with Crippen molar-refractivity contribution in [1.29, 1.82) is 0 Å². The third-order valence-electron chi connectivity index (χ3n) is 4.94. The lowest BCUT2D eigenvalue weighted by Crippen LogP contribution is -2.32. The summed E-state index contributed by atoms with van der Waals surface area (Å²) in [7, 11) is 16.2. The fraction of sp³-hybridized carbons (Fsp3) is 1.00. The van der Waals surface area contributed by atoms with Crippen LogP contribution in [0.4, 0.5) is 0 Å². The highest BCUT2D eigenvalue weighted by molar-refractivity contribution is 8.07. The van der Waals surface area contributed by atoms with E-state index in [-0.39, 0.29) is 36.7 Å². The van der Waals surface area contributed by atoms with Crippen LogP contribution < -0.4 is 0 Å². The van der Waals surface area contributed by atoms with E-state index < -0.39 is 24.9 Å². The molecule has 143 valence electrons. The summed E-state index contributed by atoms with van der Waals surface area (Å²) in [6.07, 6.45) is -1.45. The molecule has 2 aliphatic rings. The van der Waals surface area contributed by atoms with E-state index in [4.69, 9.17) is 55.4 Å². The molecule has 1 N–H and O–H groups in total. The quantitative estimate of drug-likeness (QED) is 0.426. The Morgan fingerprint density at radius 1 is 1.12 bits per heavy atom. The maximum Gasteiger partial charge on any atom is 0.324 e. The van der Waals surface area contributed by atoms with Crippen molar-refractivity contribution in [2.24, 2.45) is 11.8 Å². The third kappa shape index (κ3) is 5.34. The smallest absolute Gasteiger partial charge is 0.324 e. The van der Waals surface area contributed by atoms with Crippen LogP contribution in [0.25, 0.3) is 0 Å². The van der Waals surface area contributed by atoms with Crippen LogP contribution in [0, 0.1) is 11.8 Å². The molecule has 9 atom stereocenters. The Hall–Kier alpha value is 0.565. The molecule has 7 nitrogen and oxygen atoms in total. The van der Waals surface area contributed by atoms with Crippen LogP contribution in [0.1, 0.15) is 13.8 Å². The molecule has 26 heavy (non-hydrogen) atoms. The fourth-order valence-corrected chi connectivity index (χ4v) is 4.92. The Kier molecular flexibility index (Phi) is 8.66. The van der Waals surface area contributed by atoms with Gasteiger partial charge in [0.25, 0.3) is 0 Å². The molecule has 0 bridgehead atoms. The lowest BCUT2D eigenvalue weighted by Gasteiger charge is -2.27. The van der Waals surface area contributed by atoms with Gasteiger partial charge in [-0.15, -0.1) is 0 Å². The predicted octanol–water partition coefficient (Wildman–Crippen LogP) is -0.0554. The largest absolute Gasteiger partial charge is 0.382 e. The lowest BCUT2D eigenvalue weighted by molar-refractivity contribution is -0.0236. The van der Waals surface area contributed by atoms with Gasteiger partial charge in [0.15, 0.2) is 0 Å². The van der Waals surface area contributed by atoms with E-state index in [1.54, 1.807) is 14.2 Å². The van der Waals surface area contributed by atoms with Crippen LogP contribution >= 0.6 is 6.72 Å². The molecule has 0 aromatic carbocycles. The van der Waals surface area contributed by atoms with E-state index in [0.29, 0.717) is 6.61 Å². The Morgan fingerprint density at radius 3 is 2.38 bits per heavy atom. The van der Waals surface area contributed by atoms with Crippen molar-refractivity contribution in [3.05, 3.63) is 0 Å². The van der Waals surface area contributed by atoms with Crippen LogP contribution in [0.3, 0.4) is 0 Å². The average molecular weight is 401 g/mol. The lowest BCUT2D eigenvalue weighted by atomic mass is 9.49. The van der Waals surface area contributed by atoms with Gasteiger partial charge in [0.2, 0.25) is 0 Å². The molecule has 3 unspecified atom stereocenters. The van der Waals surface area contributed by atoms with Gasteiger partial charge in [0.05, 0.1) is 38.7 Å². The van der Waals surface area contributed by atoms with Crippen molar-refractivity contribution >= 4 is 41.3 Å². The van der Waals surface area contributed by atoms with Crippen LogP contribution in [0.15, 0.2) is 0 Å². The van der Waals surface area contributed by atoms with Crippen LogP contribution in [0.5, 0.6) is 0 Å². The molecule has 0 amide bonds. The number of ether oxygens (including phenoxy) is 4. The van der Waals surface area contributed by atoms with Gasteiger partial charge in [-0.2, -0.15) is 0 Å². The van der Waals surface area contributed by atoms with Gasteiger partial charge in [-0.3, -0.25) is 0 Å². The molecule has 0 aromatic heterocycles. The highest BCUT2D eigenvalue weighted by atomic mass is 32.5. The first-order valence-corrected chi connectivity index (χ1v) is 11.1. The van der Waals surface area contributed by atoms with Crippen molar-refractivity contribution < 1.29 is 32.9 Å². The van der Waals surface area contributed by atoms with E-state index >= 15 is 0 Å². The number of hydrogen-bond acceptors (Lipinski definition) is 7. The van der Waals surface area contributed by atoms with Crippen LogP contribution in [0.2, 0.25) is 0 Å². The summed E-state index contributed by atoms with van der Waals surface area (Å²) in [4.78, 5) is 10.4. The van der Waals surface area contributed by atoms with E-state index in [9.17, 15) is 4.89 Å². The molecular weight excluding hydrogens is 376 g/mol. The molecular formula is C14H25B3O7PS. The highest BCUT2D eigenvalue weighted by Crippen LogP contribution is 2.49. The van der Waals surface area contributed by atoms with Gasteiger partial charge < -0.3 is 32.9 Å². The molecule has 5 radical (unpaired) electrons. The fourth-order valence-electron chi connectivity index (χ4n) is 3.43. The summed E-state index contributed by atoms with van der Waals surface area (Å²) < 4.78 is 33.1. The maximum absolute atomic E-state index is 10.4. The zero-order chi connectivity index (χ0) is 19.5. The Morgan fingerprint density at radius 2 is 1.81 bits per heavy atom. The first-order valence-electron chi connectivity index (χ1n) is 8.53. The molecule has 12 heteroatoms. The van der Waals surface area contributed by atoms with Gasteiger partial charge in [-0.1, -0.05) is 13.8 Å². The van der Waals surface area contributed by atoms with Gasteiger partial charge >= 0.3 is 6.72 Å². The topological polar surface area (TPSA) is 75.6 Å². The third-order valence-corrected chi connectivity index (χ3v) is 6.50. The van der Waals surface area contributed by atoms with E-state index in [2.05, 4.69) is 0 Å². The summed E-state index contributed by atoms with van der Waals surface area (Å²) in [5.41, 5.74) is 0.